The number of hydrogen-bond donors (Lipinski definition) is 0. The van der Waals surface area contributed by atoms with Crippen LogP contribution in [0.5, 0.6) is 0 Å². The zero-order valence-corrected chi connectivity index (χ0v) is 7.98. The molecule has 1 aromatic heterocycles. The quantitative estimate of drug-likeness (QED) is 0.425. The van der Waals surface area contributed by atoms with Gasteiger partial charge in [-0.2, -0.15) is 5.10 Å². The van der Waals surface area contributed by atoms with E-state index in [0.717, 1.165) is 5.56 Å². The molecular formula is C10H9N5. The zero-order chi connectivity index (χ0) is 10.5. The average Bonchev–Trinajstić information content (AvgIpc) is 2.68. The van der Waals surface area contributed by atoms with Gasteiger partial charge in [0.1, 0.15) is 5.82 Å². The Balaban J connectivity index is 2.15. The van der Waals surface area contributed by atoms with E-state index < -0.39 is 0 Å². The molecule has 5 nitrogen and oxygen atoms in total. The van der Waals surface area contributed by atoms with Crippen LogP contribution < -0.4 is 0 Å². The van der Waals surface area contributed by atoms with Crippen molar-refractivity contribution in [3.63, 3.8) is 0 Å². The van der Waals surface area contributed by atoms with Crippen LogP contribution in [-0.4, -0.2) is 9.78 Å². The fourth-order valence-electron chi connectivity index (χ4n) is 1.31. The number of benzene rings is 1. The van der Waals surface area contributed by atoms with E-state index in [2.05, 4.69) is 15.1 Å². The maximum Gasteiger partial charge on any atom is 0.148 e. The molecule has 5 heteroatoms. The number of hydrogen-bond acceptors (Lipinski definition) is 2. The van der Waals surface area contributed by atoms with Crippen molar-refractivity contribution in [1.82, 2.24) is 9.78 Å². The highest BCUT2D eigenvalue weighted by Crippen LogP contribution is 2.08. The highest BCUT2D eigenvalue weighted by atomic mass is 15.3. The molecule has 0 bridgehead atoms. The van der Waals surface area contributed by atoms with Crippen molar-refractivity contribution in [3.8, 4) is 0 Å². The summed E-state index contributed by atoms with van der Waals surface area (Å²) >= 11 is 0. The van der Waals surface area contributed by atoms with Crippen LogP contribution in [0.1, 0.15) is 5.56 Å². The van der Waals surface area contributed by atoms with Crippen molar-refractivity contribution < 1.29 is 0 Å². The Morgan fingerprint density at radius 3 is 2.80 bits per heavy atom. The first-order chi connectivity index (χ1) is 7.38. The monoisotopic (exact) mass is 199 g/mol. The van der Waals surface area contributed by atoms with Gasteiger partial charge in [0, 0.05) is 11.1 Å². The Labute approximate surface area is 86.6 Å². The van der Waals surface area contributed by atoms with Crippen LogP contribution in [0.4, 0.5) is 5.82 Å². The minimum absolute atomic E-state index is 0.397. The van der Waals surface area contributed by atoms with Gasteiger partial charge in [0.2, 0.25) is 0 Å². The highest BCUT2D eigenvalue weighted by molar-refractivity contribution is 5.24. The second-order valence-corrected chi connectivity index (χ2v) is 3.05. The maximum absolute atomic E-state index is 8.23. The summed E-state index contributed by atoms with van der Waals surface area (Å²) in [5, 5.41) is 7.51. The largest absolute Gasteiger partial charge is 0.268 e. The van der Waals surface area contributed by atoms with E-state index in [-0.39, 0.29) is 0 Å². The van der Waals surface area contributed by atoms with Crippen molar-refractivity contribution >= 4 is 5.82 Å². The van der Waals surface area contributed by atoms with Gasteiger partial charge in [-0.15, -0.1) is 0 Å². The molecule has 0 unspecified atom stereocenters. The maximum atomic E-state index is 8.23. The summed E-state index contributed by atoms with van der Waals surface area (Å²) in [6.07, 6.45) is 1.79. The van der Waals surface area contributed by atoms with Gasteiger partial charge in [-0.1, -0.05) is 30.3 Å². The predicted molar refractivity (Wildman–Crippen MR) is 56.6 cm³/mol. The summed E-state index contributed by atoms with van der Waals surface area (Å²) in [5.74, 6) is 0.397. The van der Waals surface area contributed by atoms with E-state index in [0.29, 0.717) is 12.4 Å². The van der Waals surface area contributed by atoms with Gasteiger partial charge < -0.3 is 0 Å². The first-order valence-electron chi connectivity index (χ1n) is 4.51. The molecule has 15 heavy (non-hydrogen) atoms. The Morgan fingerprint density at radius 1 is 1.27 bits per heavy atom. The van der Waals surface area contributed by atoms with Gasteiger partial charge in [-0.3, -0.25) is 4.68 Å². The standard InChI is InChI=1S/C10H9N5/c11-14-12-10-6-7-15(13-10)8-9-4-2-1-3-5-9/h1-7H,8H2. The number of rotatable bonds is 3. The molecule has 0 radical (unpaired) electrons. The van der Waals surface area contributed by atoms with Crippen molar-refractivity contribution in [2.45, 2.75) is 6.54 Å². The lowest BCUT2D eigenvalue weighted by molar-refractivity contribution is 0.688. The molecule has 0 aliphatic carbocycles. The summed E-state index contributed by atoms with van der Waals surface area (Å²) in [7, 11) is 0. The van der Waals surface area contributed by atoms with Crippen LogP contribution in [0.25, 0.3) is 10.4 Å². The lowest BCUT2D eigenvalue weighted by Crippen LogP contribution is -1.99. The normalized spacial score (nSPS) is 9.60. The Bertz CT molecular complexity index is 482. The smallest absolute Gasteiger partial charge is 0.148 e. The summed E-state index contributed by atoms with van der Waals surface area (Å²) < 4.78 is 1.74. The van der Waals surface area contributed by atoms with E-state index in [4.69, 9.17) is 5.53 Å². The molecular weight excluding hydrogens is 190 g/mol. The summed E-state index contributed by atoms with van der Waals surface area (Å²) in [5.41, 5.74) is 9.39. The van der Waals surface area contributed by atoms with E-state index >= 15 is 0 Å². The molecule has 0 saturated carbocycles. The topological polar surface area (TPSA) is 66.6 Å². The van der Waals surface area contributed by atoms with Crippen molar-refractivity contribution in [2.24, 2.45) is 5.11 Å². The van der Waals surface area contributed by atoms with Crippen LogP contribution >= 0.6 is 0 Å². The molecule has 0 amide bonds. The average molecular weight is 199 g/mol. The van der Waals surface area contributed by atoms with E-state index in [1.54, 1.807) is 16.9 Å². The molecule has 0 spiro atoms. The van der Waals surface area contributed by atoms with E-state index in [1.807, 2.05) is 30.3 Å². The molecule has 0 N–H and O–H groups in total. The number of aromatic nitrogens is 2. The van der Waals surface area contributed by atoms with Crippen LogP contribution in [-0.2, 0) is 6.54 Å². The lowest BCUT2D eigenvalue weighted by atomic mass is 10.2. The second-order valence-electron chi connectivity index (χ2n) is 3.05. The van der Waals surface area contributed by atoms with Crippen LogP contribution in [0.15, 0.2) is 47.7 Å². The molecule has 2 rings (SSSR count). The summed E-state index contributed by atoms with van der Waals surface area (Å²) in [6, 6.07) is 11.7. The highest BCUT2D eigenvalue weighted by Gasteiger charge is 1.96. The second kappa shape index (κ2) is 4.30. The fraction of sp³-hybridized carbons (Fsp3) is 0.100. The van der Waals surface area contributed by atoms with Gasteiger partial charge in [0.25, 0.3) is 0 Å². The van der Waals surface area contributed by atoms with Gasteiger partial charge >= 0.3 is 0 Å². The van der Waals surface area contributed by atoms with Crippen LogP contribution in [0.2, 0.25) is 0 Å². The first-order valence-corrected chi connectivity index (χ1v) is 4.51. The molecule has 0 aliphatic heterocycles. The third kappa shape index (κ3) is 2.36. The van der Waals surface area contributed by atoms with Gasteiger partial charge in [0.05, 0.1) is 6.54 Å². The Hall–Kier alpha value is -2.26. The van der Waals surface area contributed by atoms with Crippen molar-refractivity contribution in [1.29, 1.82) is 0 Å². The zero-order valence-electron chi connectivity index (χ0n) is 7.98. The van der Waals surface area contributed by atoms with Gasteiger partial charge in [-0.05, 0) is 22.3 Å². The third-order valence-corrected chi connectivity index (χ3v) is 1.96. The SMILES string of the molecule is [N-]=[N+]=Nc1ccn(Cc2ccccc2)n1. The van der Waals surface area contributed by atoms with Crippen molar-refractivity contribution in [3.05, 3.63) is 58.6 Å². The number of nitrogens with zero attached hydrogens (tertiary/aromatic N) is 5. The van der Waals surface area contributed by atoms with E-state index in [9.17, 15) is 0 Å². The van der Waals surface area contributed by atoms with Gasteiger partial charge in [0.15, 0.2) is 0 Å². The summed E-state index contributed by atoms with van der Waals surface area (Å²) in [4.78, 5) is 2.68. The molecule has 2 aromatic rings. The Kier molecular flexibility index (Phi) is 2.67. The molecule has 0 saturated heterocycles. The molecule has 1 heterocycles. The predicted octanol–water partition coefficient (Wildman–Crippen LogP) is 2.87. The summed E-state index contributed by atoms with van der Waals surface area (Å²) in [6.45, 7) is 0.682. The molecule has 1 aromatic carbocycles. The van der Waals surface area contributed by atoms with E-state index in [1.165, 1.54) is 0 Å². The van der Waals surface area contributed by atoms with Gasteiger partial charge in [-0.25, -0.2) is 0 Å². The first kappa shape index (κ1) is 9.30. The third-order valence-electron chi connectivity index (χ3n) is 1.96. The number of azide groups is 1. The van der Waals surface area contributed by atoms with Crippen LogP contribution in [0, 0.1) is 0 Å². The minimum Gasteiger partial charge on any atom is -0.268 e. The molecule has 0 atom stereocenters. The van der Waals surface area contributed by atoms with Crippen LogP contribution in [0.3, 0.4) is 0 Å². The minimum atomic E-state index is 0.397. The molecule has 0 fully saturated rings. The fourth-order valence-corrected chi connectivity index (χ4v) is 1.31. The Morgan fingerprint density at radius 2 is 2.07 bits per heavy atom. The molecule has 74 valence electrons. The molecule has 0 aliphatic rings. The van der Waals surface area contributed by atoms with Crippen molar-refractivity contribution in [2.75, 3.05) is 0 Å². The lowest BCUT2D eigenvalue weighted by Gasteiger charge is -2.00.